The number of hydrogen-bond acceptors (Lipinski definition) is 3. The summed E-state index contributed by atoms with van der Waals surface area (Å²) in [5, 5.41) is 2.91. The SMILES string of the molecule is CSCCCCCCNC(=O)[C@@H](N)C(C)(C)C. The molecule has 4 heteroatoms. The summed E-state index contributed by atoms with van der Waals surface area (Å²) >= 11 is 1.89. The molecule has 0 fully saturated rings. The van der Waals surface area contributed by atoms with E-state index < -0.39 is 6.04 Å². The third-order valence-corrected chi connectivity index (χ3v) is 3.49. The first kappa shape index (κ1) is 16.8. The zero-order chi connectivity index (χ0) is 13.3. The quantitative estimate of drug-likeness (QED) is 0.659. The largest absolute Gasteiger partial charge is 0.355 e. The summed E-state index contributed by atoms with van der Waals surface area (Å²) in [6.45, 7) is 6.71. The average Bonchev–Trinajstić information content (AvgIpc) is 2.25. The van der Waals surface area contributed by atoms with Gasteiger partial charge in [0.15, 0.2) is 0 Å². The van der Waals surface area contributed by atoms with Crippen molar-refractivity contribution >= 4 is 17.7 Å². The predicted molar refractivity (Wildman–Crippen MR) is 77.3 cm³/mol. The Labute approximate surface area is 110 Å². The Kier molecular flexibility index (Phi) is 8.70. The Balaban J connectivity index is 3.52. The van der Waals surface area contributed by atoms with Crippen LogP contribution in [0.5, 0.6) is 0 Å². The molecule has 0 aromatic rings. The molecular formula is C13H28N2OS. The minimum atomic E-state index is -0.418. The van der Waals surface area contributed by atoms with Crippen molar-refractivity contribution in [1.29, 1.82) is 0 Å². The smallest absolute Gasteiger partial charge is 0.237 e. The first-order valence-electron chi connectivity index (χ1n) is 6.42. The lowest BCUT2D eigenvalue weighted by molar-refractivity contribution is -0.124. The second-order valence-corrected chi connectivity index (χ2v) is 6.53. The van der Waals surface area contributed by atoms with Crippen LogP contribution in [0, 0.1) is 5.41 Å². The number of amides is 1. The first-order valence-corrected chi connectivity index (χ1v) is 7.81. The zero-order valence-corrected chi connectivity index (χ0v) is 12.5. The van der Waals surface area contributed by atoms with Gasteiger partial charge in [-0.2, -0.15) is 11.8 Å². The van der Waals surface area contributed by atoms with E-state index >= 15 is 0 Å². The van der Waals surface area contributed by atoms with Crippen molar-refractivity contribution in [3.05, 3.63) is 0 Å². The lowest BCUT2D eigenvalue weighted by Gasteiger charge is -2.25. The van der Waals surface area contributed by atoms with Crippen LogP contribution in [0.25, 0.3) is 0 Å². The van der Waals surface area contributed by atoms with Crippen molar-refractivity contribution in [2.75, 3.05) is 18.6 Å². The molecule has 0 aromatic carbocycles. The van der Waals surface area contributed by atoms with Crippen LogP contribution in [0.1, 0.15) is 46.5 Å². The second-order valence-electron chi connectivity index (χ2n) is 5.54. The van der Waals surface area contributed by atoms with Gasteiger partial charge in [0, 0.05) is 6.54 Å². The number of nitrogens with one attached hydrogen (secondary N) is 1. The monoisotopic (exact) mass is 260 g/mol. The van der Waals surface area contributed by atoms with Crippen molar-refractivity contribution in [3.8, 4) is 0 Å². The van der Waals surface area contributed by atoms with Crippen LogP contribution >= 0.6 is 11.8 Å². The number of rotatable bonds is 8. The van der Waals surface area contributed by atoms with E-state index in [1.165, 1.54) is 25.0 Å². The summed E-state index contributed by atoms with van der Waals surface area (Å²) in [5.41, 5.74) is 5.70. The molecule has 3 N–H and O–H groups in total. The first-order chi connectivity index (χ1) is 7.89. The summed E-state index contributed by atoms with van der Waals surface area (Å²) in [6.07, 6.45) is 6.90. The van der Waals surface area contributed by atoms with E-state index in [1.807, 2.05) is 32.5 Å². The summed E-state index contributed by atoms with van der Waals surface area (Å²) < 4.78 is 0. The molecule has 0 radical (unpaired) electrons. The molecular weight excluding hydrogens is 232 g/mol. The van der Waals surface area contributed by atoms with Gasteiger partial charge in [0.25, 0.3) is 0 Å². The molecule has 0 unspecified atom stereocenters. The molecule has 17 heavy (non-hydrogen) atoms. The van der Waals surface area contributed by atoms with Gasteiger partial charge in [-0.15, -0.1) is 0 Å². The highest BCUT2D eigenvalue weighted by Gasteiger charge is 2.26. The van der Waals surface area contributed by atoms with Crippen LogP contribution in [-0.4, -0.2) is 30.5 Å². The molecule has 0 aromatic heterocycles. The minimum Gasteiger partial charge on any atom is -0.355 e. The van der Waals surface area contributed by atoms with E-state index in [0.717, 1.165) is 13.0 Å². The maximum atomic E-state index is 11.7. The Hall–Kier alpha value is -0.220. The highest BCUT2D eigenvalue weighted by atomic mass is 32.2. The number of nitrogens with two attached hydrogens (primary N) is 1. The molecule has 0 saturated carbocycles. The third kappa shape index (κ3) is 8.50. The molecule has 1 atom stereocenters. The van der Waals surface area contributed by atoms with Crippen LogP contribution in [0.4, 0.5) is 0 Å². The fourth-order valence-corrected chi connectivity index (χ4v) is 1.93. The molecule has 1 amide bonds. The van der Waals surface area contributed by atoms with Gasteiger partial charge in [-0.3, -0.25) is 4.79 Å². The summed E-state index contributed by atoms with van der Waals surface area (Å²) in [5.74, 6) is 1.21. The van der Waals surface area contributed by atoms with E-state index in [4.69, 9.17) is 5.73 Å². The topological polar surface area (TPSA) is 55.1 Å². The van der Waals surface area contributed by atoms with Crippen molar-refractivity contribution < 1.29 is 4.79 Å². The number of carbonyl (C=O) groups is 1. The van der Waals surface area contributed by atoms with Gasteiger partial charge in [-0.05, 0) is 30.3 Å². The van der Waals surface area contributed by atoms with Gasteiger partial charge < -0.3 is 11.1 Å². The van der Waals surface area contributed by atoms with Gasteiger partial charge in [0.1, 0.15) is 0 Å². The maximum Gasteiger partial charge on any atom is 0.237 e. The van der Waals surface area contributed by atoms with Gasteiger partial charge in [-0.1, -0.05) is 33.6 Å². The molecule has 0 spiro atoms. The molecule has 3 nitrogen and oxygen atoms in total. The van der Waals surface area contributed by atoms with Crippen molar-refractivity contribution in [2.45, 2.75) is 52.5 Å². The normalized spacial score (nSPS) is 13.5. The van der Waals surface area contributed by atoms with Gasteiger partial charge >= 0.3 is 0 Å². The zero-order valence-electron chi connectivity index (χ0n) is 11.7. The van der Waals surface area contributed by atoms with E-state index in [1.54, 1.807) is 0 Å². The number of hydrogen-bond donors (Lipinski definition) is 2. The van der Waals surface area contributed by atoms with E-state index in [-0.39, 0.29) is 11.3 Å². The van der Waals surface area contributed by atoms with Crippen molar-refractivity contribution in [3.63, 3.8) is 0 Å². The van der Waals surface area contributed by atoms with Crippen LogP contribution in [0.2, 0.25) is 0 Å². The van der Waals surface area contributed by atoms with Gasteiger partial charge in [0.2, 0.25) is 5.91 Å². The number of carbonyl (C=O) groups excluding carboxylic acids is 1. The highest BCUT2D eigenvalue weighted by molar-refractivity contribution is 7.98. The molecule has 102 valence electrons. The molecule has 0 saturated heterocycles. The van der Waals surface area contributed by atoms with E-state index in [2.05, 4.69) is 11.6 Å². The maximum absolute atomic E-state index is 11.7. The van der Waals surface area contributed by atoms with E-state index in [9.17, 15) is 4.79 Å². The molecule has 0 bridgehead atoms. The molecule has 0 rings (SSSR count). The minimum absolute atomic E-state index is 0.0263. The van der Waals surface area contributed by atoms with Crippen molar-refractivity contribution in [2.24, 2.45) is 11.1 Å². The Morgan fingerprint density at radius 2 is 1.82 bits per heavy atom. The van der Waals surface area contributed by atoms with Crippen LogP contribution in [0.3, 0.4) is 0 Å². The van der Waals surface area contributed by atoms with E-state index in [0.29, 0.717) is 0 Å². The molecule has 0 aliphatic carbocycles. The molecule has 0 aliphatic rings. The van der Waals surface area contributed by atoms with Gasteiger partial charge in [0.05, 0.1) is 6.04 Å². The van der Waals surface area contributed by atoms with Crippen LogP contribution in [-0.2, 0) is 4.79 Å². The van der Waals surface area contributed by atoms with Crippen LogP contribution < -0.4 is 11.1 Å². The second kappa shape index (κ2) is 8.81. The summed E-state index contributed by atoms with van der Waals surface area (Å²) in [4.78, 5) is 11.7. The third-order valence-electron chi connectivity index (χ3n) is 2.79. The van der Waals surface area contributed by atoms with Crippen molar-refractivity contribution in [1.82, 2.24) is 5.32 Å². The summed E-state index contributed by atoms with van der Waals surface area (Å²) in [6, 6.07) is -0.418. The highest BCUT2D eigenvalue weighted by Crippen LogP contribution is 2.17. The Bertz CT molecular complexity index is 214. The lowest BCUT2D eigenvalue weighted by Crippen LogP contribution is -2.48. The lowest BCUT2D eigenvalue weighted by atomic mass is 9.87. The Morgan fingerprint density at radius 3 is 2.35 bits per heavy atom. The fraction of sp³-hybridized carbons (Fsp3) is 0.923. The number of thioether (sulfide) groups is 1. The average molecular weight is 260 g/mol. The standard InChI is InChI=1S/C13H28N2OS/c1-13(2,3)11(14)12(16)15-9-7-5-6-8-10-17-4/h11H,5-10,14H2,1-4H3,(H,15,16)/t11-/m1/s1. The van der Waals surface area contributed by atoms with Crippen LogP contribution in [0.15, 0.2) is 0 Å². The fourth-order valence-electron chi connectivity index (χ4n) is 1.44. The summed E-state index contributed by atoms with van der Waals surface area (Å²) in [7, 11) is 0. The number of unbranched alkanes of at least 4 members (excludes halogenated alkanes) is 3. The molecule has 0 heterocycles. The Morgan fingerprint density at radius 1 is 1.24 bits per heavy atom. The molecule has 0 aliphatic heterocycles. The van der Waals surface area contributed by atoms with Gasteiger partial charge in [-0.25, -0.2) is 0 Å². The predicted octanol–water partition coefficient (Wildman–Crippen LogP) is 2.40.